The van der Waals surface area contributed by atoms with E-state index in [2.05, 4.69) is 10.5 Å². The number of hydrogen-bond donors (Lipinski definition) is 1. The molecule has 3 rings (SSSR count). The molecule has 7 nitrogen and oxygen atoms in total. The van der Waals surface area contributed by atoms with Crippen molar-refractivity contribution in [3.05, 3.63) is 76.5 Å². The van der Waals surface area contributed by atoms with Crippen LogP contribution in [0.5, 0.6) is 0 Å². The fraction of sp³-hybridized carbons (Fsp3) is 0.190. The predicted octanol–water partition coefficient (Wildman–Crippen LogP) is 3.55. The van der Waals surface area contributed by atoms with Gasteiger partial charge in [0.1, 0.15) is 0 Å². The third-order valence-corrected chi connectivity index (χ3v) is 4.46. The van der Waals surface area contributed by atoms with Crippen LogP contribution in [-0.4, -0.2) is 29.8 Å². The molecule has 2 heterocycles. The van der Waals surface area contributed by atoms with Crippen molar-refractivity contribution >= 4 is 18.1 Å². The van der Waals surface area contributed by atoms with Gasteiger partial charge in [-0.1, -0.05) is 6.07 Å². The first-order chi connectivity index (χ1) is 13.4. The molecule has 0 bridgehead atoms. The number of hydrazone groups is 1. The van der Waals surface area contributed by atoms with E-state index in [1.165, 1.54) is 13.4 Å². The van der Waals surface area contributed by atoms with E-state index < -0.39 is 5.91 Å². The Morgan fingerprint density at radius 3 is 2.64 bits per heavy atom. The van der Waals surface area contributed by atoms with Crippen LogP contribution < -0.4 is 5.43 Å². The van der Waals surface area contributed by atoms with Crippen molar-refractivity contribution < 1.29 is 18.7 Å². The first kappa shape index (κ1) is 19.2. The summed E-state index contributed by atoms with van der Waals surface area (Å²) in [4.78, 5) is 23.8. The van der Waals surface area contributed by atoms with Crippen LogP contribution in [0.15, 0.2) is 52.2 Å². The summed E-state index contributed by atoms with van der Waals surface area (Å²) < 4.78 is 11.9. The van der Waals surface area contributed by atoms with E-state index in [-0.39, 0.29) is 11.7 Å². The van der Waals surface area contributed by atoms with Gasteiger partial charge in [0.2, 0.25) is 0 Å². The van der Waals surface area contributed by atoms with E-state index in [4.69, 9.17) is 9.15 Å². The van der Waals surface area contributed by atoms with Gasteiger partial charge in [0.05, 0.1) is 25.2 Å². The van der Waals surface area contributed by atoms with Gasteiger partial charge in [-0.3, -0.25) is 4.79 Å². The number of methoxy groups -OCH3 is 1. The van der Waals surface area contributed by atoms with Crippen LogP contribution in [0.3, 0.4) is 0 Å². The number of aromatic nitrogens is 1. The van der Waals surface area contributed by atoms with Crippen molar-refractivity contribution in [1.82, 2.24) is 9.99 Å². The number of aryl methyl sites for hydroxylation is 2. The van der Waals surface area contributed by atoms with Gasteiger partial charge in [0.15, 0.2) is 5.76 Å². The normalized spacial score (nSPS) is 11.0. The first-order valence-electron chi connectivity index (χ1n) is 8.67. The smallest absolute Gasteiger partial charge is 0.337 e. The molecule has 1 amide bonds. The number of ether oxygens (including phenoxy) is 1. The van der Waals surface area contributed by atoms with Crippen molar-refractivity contribution in [1.29, 1.82) is 0 Å². The zero-order valence-corrected chi connectivity index (χ0v) is 16.1. The molecule has 144 valence electrons. The lowest BCUT2D eigenvalue weighted by Crippen LogP contribution is -2.16. The number of nitrogens with zero attached hydrogens (tertiary/aromatic N) is 2. The molecule has 0 spiro atoms. The van der Waals surface area contributed by atoms with E-state index in [9.17, 15) is 9.59 Å². The lowest BCUT2D eigenvalue weighted by Gasteiger charge is -2.14. The van der Waals surface area contributed by atoms with Crippen LogP contribution in [0, 0.1) is 20.8 Å². The Labute approximate surface area is 162 Å². The summed E-state index contributed by atoms with van der Waals surface area (Å²) in [5.74, 6) is -0.610. The van der Waals surface area contributed by atoms with Gasteiger partial charge in [-0.15, -0.1) is 0 Å². The Morgan fingerprint density at radius 2 is 1.96 bits per heavy atom. The quantitative estimate of drug-likeness (QED) is 0.417. The monoisotopic (exact) mass is 379 g/mol. The second-order valence-corrected chi connectivity index (χ2v) is 6.33. The van der Waals surface area contributed by atoms with Crippen molar-refractivity contribution in [2.24, 2.45) is 5.10 Å². The summed E-state index contributed by atoms with van der Waals surface area (Å²) in [5, 5.41) is 4.02. The number of rotatable bonds is 5. The Bertz CT molecular complexity index is 1050. The molecule has 0 radical (unpaired) electrons. The van der Waals surface area contributed by atoms with Crippen LogP contribution in [0.2, 0.25) is 0 Å². The Morgan fingerprint density at radius 1 is 1.18 bits per heavy atom. The highest BCUT2D eigenvalue weighted by Crippen LogP contribution is 2.24. The Hall–Kier alpha value is -3.61. The summed E-state index contributed by atoms with van der Waals surface area (Å²) in [6, 6.07) is 10.6. The number of hydrogen-bond acceptors (Lipinski definition) is 5. The number of carbonyl (C=O) groups excluding carboxylic acids is 2. The lowest BCUT2D eigenvalue weighted by atomic mass is 10.1. The number of benzene rings is 1. The number of esters is 1. The van der Waals surface area contributed by atoms with Crippen molar-refractivity contribution in [2.75, 3.05) is 7.11 Å². The summed E-state index contributed by atoms with van der Waals surface area (Å²) in [5.41, 5.74) is 7.58. The van der Waals surface area contributed by atoms with E-state index in [0.717, 1.165) is 28.2 Å². The minimum Gasteiger partial charge on any atom is -0.465 e. The molecule has 28 heavy (non-hydrogen) atoms. The number of amides is 1. The van der Waals surface area contributed by atoms with E-state index in [0.29, 0.717) is 5.56 Å². The predicted molar refractivity (Wildman–Crippen MR) is 105 cm³/mol. The molecule has 0 saturated carbocycles. The molecular formula is C21H21N3O4. The van der Waals surface area contributed by atoms with Gasteiger partial charge in [0.25, 0.3) is 0 Å². The van der Waals surface area contributed by atoms with Gasteiger partial charge >= 0.3 is 11.9 Å². The van der Waals surface area contributed by atoms with Gasteiger partial charge in [0, 0.05) is 22.6 Å². The Balaban J connectivity index is 1.89. The lowest BCUT2D eigenvalue weighted by molar-refractivity contribution is 0.0600. The van der Waals surface area contributed by atoms with Crippen LogP contribution >= 0.6 is 0 Å². The van der Waals surface area contributed by atoms with Crippen LogP contribution in [0.1, 0.15) is 43.4 Å². The number of carbonyl (C=O) groups is 2. The molecule has 0 aliphatic carbocycles. The average Bonchev–Trinajstić information content (AvgIpc) is 3.31. The van der Waals surface area contributed by atoms with E-state index in [1.807, 2.05) is 37.5 Å². The molecule has 1 N–H and O–H groups in total. The molecule has 0 aliphatic rings. The topological polar surface area (TPSA) is 85.8 Å². The molecule has 7 heteroatoms. The first-order valence-corrected chi connectivity index (χ1v) is 8.67. The molecule has 0 saturated heterocycles. The van der Waals surface area contributed by atoms with E-state index in [1.54, 1.807) is 30.5 Å². The van der Waals surface area contributed by atoms with Crippen molar-refractivity contribution in [3.63, 3.8) is 0 Å². The molecule has 0 unspecified atom stereocenters. The summed E-state index contributed by atoms with van der Waals surface area (Å²) in [6.07, 6.45) is 3.01. The molecule has 0 fully saturated rings. The highest BCUT2D eigenvalue weighted by Gasteiger charge is 2.14. The zero-order chi connectivity index (χ0) is 20.3. The fourth-order valence-corrected chi connectivity index (χ4v) is 3.01. The van der Waals surface area contributed by atoms with Crippen LogP contribution in [0.4, 0.5) is 0 Å². The largest absolute Gasteiger partial charge is 0.465 e. The SMILES string of the molecule is COC(=O)c1ccc(C)c(-n2c(C)cc(/C=N\NC(=O)c3ccco3)c2C)c1. The van der Waals surface area contributed by atoms with Gasteiger partial charge in [-0.05, 0) is 56.7 Å². The fourth-order valence-electron chi connectivity index (χ4n) is 3.01. The minimum atomic E-state index is -0.420. The molecule has 2 aromatic heterocycles. The van der Waals surface area contributed by atoms with Crippen molar-refractivity contribution in [2.45, 2.75) is 20.8 Å². The van der Waals surface area contributed by atoms with Gasteiger partial charge in [-0.2, -0.15) is 5.10 Å². The average molecular weight is 379 g/mol. The van der Waals surface area contributed by atoms with Crippen LogP contribution in [0.25, 0.3) is 5.69 Å². The minimum absolute atomic E-state index is 0.192. The third kappa shape index (κ3) is 3.73. The number of nitrogens with one attached hydrogen (secondary N) is 1. The second-order valence-electron chi connectivity index (χ2n) is 6.33. The maximum atomic E-state index is 11.9. The third-order valence-electron chi connectivity index (χ3n) is 4.46. The number of furan rings is 1. The highest BCUT2D eigenvalue weighted by atomic mass is 16.5. The van der Waals surface area contributed by atoms with Crippen LogP contribution in [-0.2, 0) is 4.74 Å². The zero-order valence-electron chi connectivity index (χ0n) is 16.1. The summed E-state index contributed by atoms with van der Waals surface area (Å²) >= 11 is 0. The summed E-state index contributed by atoms with van der Waals surface area (Å²) in [6.45, 7) is 5.90. The van der Waals surface area contributed by atoms with Crippen molar-refractivity contribution in [3.8, 4) is 5.69 Å². The molecular weight excluding hydrogens is 358 g/mol. The standard InChI is InChI=1S/C21H21N3O4/c1-13-7-8-16(21(26)27-4)11-18(13)24-14(2)10-17(15(24)3)12-22-23-20(25)19-6-5-9-28-19/h5-12H,1-4H3,(H,23,25)/b22-12-. The molecule has 0 aliphatic heterocycles. The molecule has 0 atom stereocenters. The van der Waals surface area contributed by atoms with Gasteiger partial charge in [-0.25, -0.2) is 10.2 Å². The van der Waals surface area contributed by atoms with E-state index >= 15 is 0 Å². The maximum absolute atomic E-state index is 11.9. The molecule has 1 aromatic carbocycles. The molecule has 3 aromatic rings. The maximum Gasteiger partial charge on any atom is 0.337 e. The van der Waals surface area contributed by atoms with Gasteiger partial charge < -0.3 is 13.7 Å². The second kappa shape index (κ2) is 7.96. The highest BCUT2D eigenvalue weighted by molar-refractivity contribution is 5.92. The Kier molecular flexibility index (Phi) is 5.44. The summed E-state index contributed by atoms with van der Waals surface area (Å²) in [7, 11) is 1.36.